The smallest absolute Gasteiger partial charge is 0.124 e. The van der Waals surface area contributed by atoms with Crippen molar-refractivity contribution in [3.8, 4) is 11.5 Å². The molecule has 0 saturated carbocycles. The molecule has 3 N–H and O–H groups in total. The van der Waals surface area contributed by atoms with Gasteiger partial charge in [-0.1, -0.05) is 46.3 Å². The fraction of sp³-hybridized carbons (Fsp3) is 0.182. The number of hydrogen-bond donors (Lipinski definition) is 3. The third-order valence-corrected chi connectivity index (χ3v) is 5.46. The summed E-state index contributed by atoms with van der Waals surface area (Å²) in [6.07, 6.45) is 0. The molecule has 28 heavy (non-hydrogen) atoms. The molecule has 0 amide bonds. The van der Waals surface area contributed by atoms with Gasteiger partial charge in [0.25, 0.3) is 0 Å². The van der Waals surface area contributed by atoms with Crippen molar-refractivity contribution in [1.29, 1.82) is 0 Å². The summed E-state index contributed by atoms with van der Waals surface area (Å²) in [4.78, 5) is 0. The third-order valence-electron chi connectivity index (χ3n) is 4.94. The lowest BCUT2D eigenvalue weighted by atomic mass is 9.88. The second-order valence-electron chi connectivity index (χ2n) is 6.80. The zero-order valence-electron chi connectivity index (χ0n) is 15.0. The number of halogens is 2. The number of hydrazine groups is 1. The van der Waals surface area contributed by atoms with E-state index in [-0.39, 0.29) is 23.5 Å². The molecule has 0 aromatic heterocycles. The van der Waals surface area contributed by atoms with Crippen molar-refractivity contribution in [2.24, 2.45) is 0 Å². The van der Waals surface area contributed by atoms with E-state index < -0.39 is 0 Å². The second kappa shape index (κ2) is 8.31. The summed E-state index contributed by atoms with van der Waals surface area (Å²) in [5.74, 6) is 0.672. The Hall–Kier alpha value is -2.41. The van der Waals surface area contributed by atoms with E-state index in [4.69, 9.17) is 4.74 Å². The molecule has 1 aliphatic rings. The molecule has 1 aliphatic heterocycles. The van der Waals surface area contributed by atoms with Crippen LogP contribution < -0.4 is 15.6 Å². The first-order valence-corrected chi connectivity index (χ1v) is 9.83. The van der Waals surface area contributed by atoms with Crippen LogP contribution in [0.5, 0.6) is 11.5 Å². The molecule has 0 aliphatic carbocycles. The van der Waals surface area contributed by atoms with E-state index in [1.54, 1.807) is 18.2 Å². The van der Waals surface area contributed by atoms with E-state index in [9.17, 15) is 9.50 Å². The van der Waals surface area contributed by atoms with Crippen LogP contribution in [0.15, 0.2) is 71.2 Å². The van der Waals surface area contributed by atoms with Gasteiger partial charge in [-0.15, -0.1) is 0 Å². The first-order chi connectivity index (χ1) is 13.6. The number of benzene rings is 3. The normalized spacial score (nSPS) is 18.9. The average Bonchev–Trinajstić information content (AvgIpc) is 3.18. The largest absolute Gasteiger partial charge is 0.507 e. The van der Waals surface area contributed by atoms with Gasteiger partial charge in [-0.25, -0.2) is 9.82 Å². The second-order valence-corrected chi connectivity index (χ2v) is 7.71. The number of nitrogens with one attached hydrogen (secondary N) is 2. The first kappa shape index (κ1) is 18.9. The minimum Gasteiger partial charge on any atom is -0.507 e. The number of aromatic hydroxyl groups is 1. The fourth-order valence-corrected chi connectivity index (χ4v) is 3.70. The van der Waals surface area contributed by atoms with Gasteiger partial charge in [0.1, 0.15) is 23.9 Å². The van der Waals surface area contributed by atoms with E-state index in [1.165, 1.54) is 17.7 Å². The number of rotatable bonds is 5. The number of phenolic OH excluding ortho intramolecular Hbond substituents is 1. The van der Waals surface area contributed by atoms with Crippen LogP contribution in [0.3, 0.4) is 0 Å². The molecule has 1 heterocycles. The van der Waals surface area contributed by atoms with Crippen LogP contribution >= 0.6 is 15.9 Å². The standard InChI is InChI=1S/C22H20BrFN2O2/c23-16-5-3-15(4-6-16)20-12-25-26-22(20)19-10-9-18(11-21(19)27)28-13-14-1-7-17(24)8-2-14/h1-11,20,22,25-27H,12-13H2. The lowest BCUT2D eigenvalue weighted by molar-refractivity contribution is 0.303. The zero-order valence-corrected chi connectivity index (χ0v) is 16.6. The fourth-order valence-electron chi connectivity index (χ4n) is 3.44. The Balaban J connectivity index is 1.49. The Labute approximate surface area is 171 Å². The summed E-state index contributed by atoms with van der Waals surface area (Å²) in [7, 11) is 0. The highest BCUT2D eigenvalue weighted by Crippen LogP contribution is 2.38. The lowest BCUT2D eigenvalue weighted by Crippen LogP contribution is -2.25. The summed E-state index contributed by atoms with van der Waals surface area (Å²) in [5, 5.41) is 10.6. The van der Waals surface area contributed by atoms with E-state index in [0.717, 1.165) is 22.1 Å². The molecule has 3 aromatic carbocycles. The molecule has 4 rings (SSSR count). The molecule has 1 saturated heterocycles. The topological polar surface area (TPSA) is 53.5 Å². The highest BCUT2D eigenvalue weighted by atomic mass is 79.9. The molecule has 3 aromatic rings. The van der Waals surface area contributed by atoms with E-state index in [1.807, 2.05) is 24.3 Å². The Morgan fingerprint density at radius 1 is 1.04 bits per heavy atom. The average molecular weight is 443 g/mol. The lowest BCUT2D eigenvalue weighted by Gasteiger charge is -2.21. The highest BCUT2D eigenvalue weighted by molar-refractivity contribution is 9.10. The van der Waals surface area contributed by atoms with Crippen molar-refractivity contribution in [3.63, 3.8) is 0 Å². The van der Waals surface area contributed by atoms with Crippen LogP contribution in [-0.4, -0.2) is 11.7 Å². The van der Waals surface area contributed by atoms with Crippen molar-refractivity contribution in [2.45, 2.75) is 18.6 Å². The van der Waals surface area contributed by atoms with Crippen molar-refractivity contribution in [1.82, 2.24) is 10.9 Å². The van der Waals surface area contributed by atoms with Crippen molar-refractivity contribution >= 4 is 15.9 Å². The minimum atomic E-state index is -0.274. The SMILES string of the molecule is Oc1cc(OCc2ccc(F)cc2)ccc1C1NNCC1c1ccc(Br)cc1. The molecular formula is C22H20BrFN2O2. The molecule has 2 unspecified atom stereocenters. The summed E-state index contributed by atoms with van der Waals surface area (Å²) in [6, 6.07) is 19.7. The molecule has 2 atom stereocenters. The van der Waals surface area contributed by atoms with Crippen molar-refractivity contribution in [2.75, 3.05) is 6.54 Å². The van der Waals surface area contributed by atoms with Gasteiger partial charge in [-0.3, -0.25) is 5.43 Å². The summed E-state index contributed by atoms with van der Waals surface area (Å²) < 4.78 is 19.8. The Kier molecular flexibility index (Phi) is 5.62. The highest BCUT2D eigenvalue weighted by Gasteiger charge is 2.31. The molecule has 1 fully saturated rings. The van der Waals surface area contributed by atoms with Crippen molar-refractivity contribution < 1.29 is 14.2 Å². The Morgan fingerprint density at radius 2 is 1.79 bits per heavy atom. The molecular weight excluding hydrogens is 423 g/mol. The van der Waals surface area contributed by atoms with Gasteiger partial charge < -0.3 is 9.84 Å². The van der Waals surface area contributed by atoms with Gasteiger partial charge in [0, 0.05) is 28.6 Å². The number of ether oxygens (including phenoxy) is 1. The Bertz CT molecular complexity index is 948. The third kappa shape index (κ3) is 4.19. The van der Waals surface area contributed by atoms with Crippen LogP contribution in [0.25, 0.3) is 0 Å². The van der Waals surface area contributed by atoms with E-state index >= 15 is 0 Å². The van der Waals surface area contributed by atoms with Crippen molar-refractivity contribution in [3.05, 3.63) is 93.7 Å². The Morgan fingerprint density at radius 3 is 2.50 bits per heavy atom. The minimum absolute atomic E-state index is 0.0488. The van der Waals surface area contributed by atoms with Gasteiger partial charge in [-0.05, 0) is 41.5 Å². The van der Waals surface area contributed by atoms with Crippen LogP contribution in [0.4, 0.5) is 4.39 Å². The molecule has 0 spiro atoms. The molecule has 144 valence electrons. The quantitative estimate of drug-likeness (QED) is 0.530. The summed E-state index contributed by atoms with van der Waals surface area (Å²) in [6.45, 7) is 1.08. The number of hydrogen-bond acceptors (Lipinski definition) is 4. The van der Waals surface area contributed by atoms with Gasteiger partial charge in [0.15, 0.2) is 0 Å². The maximum absolute atomic E-state index is 13.0. The van der Waals surface area contributed by atoms with Crippen LogP contribution in [-0.2, 0) is 6.61 Å². The predicted octanol–water partition coefficient (Wildman–Crippen LogP) is 4.81. The first-order valence-electron chi connectivity index (χ1n) is 9.04. The predicted molar refractivity (Wildman–Crippen MR) is 110 cm³/mol. The van der Waals surface area contributed by atoms with Crippen LogP contribution in [0.1, 0.15) is 28.7 Å². The molecule has 0 bridgehead atoms. The summed E-state index contributed by atoms with van der Waals surface area (Å²) in [5.41, 5.74) is 9.32. The van der Waals surface area contributed by atoms with Gasteiger partial charge in [0.05, 0.1) is 6.04 Å². The van der Waals surface area contributed by atoms with Gasteiger partial charge >= 0.3 is 0 Å². The number of phenols is 1. The molecule has 4 nitrogen and oxygen atoms in total. The van der Waals surface area contributed by atoms with E-state index in [0.29, 0.717) is 12.4 Å². The maximum atomic E-state index is 13.0. The zero-order chi connectivity index (χ0) is 19.5. The monoisotopic (exact) mass is 442 g/mol. The van der Waals surface area contributed by atoms with Gasteiger partial charge in [0.2, 0.25) is 0 Å². The van der Waals surface area contributed by atoms with E-state index in [2.05, 4.69) is 38.9 Å². The van der Waals surface area contributed by atoms with Crippen LogP contribution in [0.2, 0.25) is 0 Å². The maximum Gasteiger partial charge on any atom is 0.124 e. The molecule has 6 heteroatoms. The van der Waals surface area contributed by atoms with Gasteiger partial charge in [-0.2, -0.15) is 0 Å². The molecule has 0 radical (unpaired) electrons. The van der Waals surface area contributed by atoms with Crippen LogP contribution in [0, 0.1) is 5.82 Å². The summed E-state index contributed by atoms with van der Waals surface area (Å²) >= 11 is 3.46.